The second kappa shape index (κ2) is 7.92. The molecule has 1 aliphatic carbocycles. The Morgan fingerprint density at radius 1 is 1.43 bits per heavy atom. The highest BCUT2D eigenvalue weighted by atomic mass is 32.1. The summed E-state index contributed by atoms with van der Waals surface area (Å²) in [5.74, 6) is 5.96. The maximum absolute atomic E-state index is 12.7. The Hall–Kier alpha value is -2.40. The van der Waals surface area contributed by atoms with Gasteiger partial charge in [0, 0.05) is 28.3 Å². The Kier molecular flexibility index (Phi) is 5.75. The third-order valence-electron chi connectivity index (χ3n) is 4.76. The van der Waals surface area contributed by atoms with Crippen LogP contribution < -0.4 is 11.1 Å². The normalized spacial score (nSPS) is 19.5. The number of benzene rings is 1. The predicted molar refractivity (Wildman–Crippen MR) is 109 cm³/mol. The second-order valence-corrected chi connectivity index (χ2v) is 8.75. The minimum absolute atomic E-state index is 0.188. The lowest BCUT2D eigenvalue weighted by molar-refractivity contribution is -0.144. The first-order chi connectivity index (χ1) is 13.2. The number of carbonyl (C=O) groups is 2. The van der Waals surface area contributed by atoms with Crippen molar-refractivity contribution in [2.75, 3.05) is 13.7 Å². The summed E-state index contributed by atoms with van der Waals surface area (Å²) in [6.07, 6.45) is 0.952. The van der Waals surface area contributed by atoms with Crippen molar-refractivity contribution >= 4 is 33.3 Å². The van der Waals surface area contributed by atoms with Crippen molar-refractivity contribution in [3.63, 3.8) is 0 Å². The summed E-state index contributed by atoms with van der Waals surface area (Å²) in [7, 11) is 1.26. The number of carbonyl (C=O) groups excluding carboxylic acids is 2. The molecule has 3 rings (SSSR count). The average Bonchev–Trinajstić information content (AvgIpc) is 3.29. The van der Waals surface area contributed by atoms with Crippen molar-refractivity contribution in [1.29, 1.82) is 0 Å². The van der Waals surface area contributed by atoms with Crippen LogP contribution in [0, 0.1) is 23.7 Å². The van der Waals surface area contributed by atoms with Gasteiger partial charge in [-0.25, -0.2) is 4.79 Å². The van der Waals surface area contributed by atoms with Crippen molar-refractivity contribution in [1.82, 2.24) is 5.32 Å². The molecule has 7 heteroatoms. The van der Waals surface area contributed by atoms with Crippen LogP contribution in [-0.4, -0.2) is 42.3 Å². The van der Waals surface area contributed by atoms with Gasteiger partial charge in [0.1, 0.15) is 6.04 Å². The van der Waals surface area contributed by atoms with Gasteiger partial charge in [0.15, 0.2) is 0 Å². The van der Waals surface area contributed by atoms with Gasteiger partial charge in [-0.1, -0.05) is 17.9 Å². The number of thiophene rings is 1. The molecular weight excluding hydrogens is 376 g/mol. The second-order valence-electron chi connectivity index (χ2n) is 7.67. The molecule has 1 aromatic carbocycles. The highest BCUT2D eigenvalue weighted by Crippen LogP contribution is 2.37. The number of hydrogen-bond acceptors (Lipinski definition) is 6. The van der Waals surface area contributed by atoms with Crippen molar-refractivity contribution in [3.05, 3.63) is 34.7 Å². The molecule has 4 N–H and O–H groups in total. The SMILES string of the molecule is COC(=O)[C@@H](NC(=O)c1cc2ccc(C#CC3C[C@H]3CO)cc2s1)C(C)(C)N. The Morgan fingerprint density at radius 3 is 2.79 bits per heavy atom. The van der Waals surface area contributed by atoms with E-state index in [9.17, 15) is 9.59 Å². The van der Waals surface area contributed by atoms with Gasteiger partial charge in [-0.15, -0.1) is 11.3 Å². The van der Waals surface area contributed by atoms with Crippen LogP contribution in [0.3, 0.4) is 0 Å². The van der Waals surface area contributed by atoms with Gasteiger partial charge in [0.05, 0.1) is 12.0 Å². The minimum atomic E-state index is -0.961. The first-order valence-electron chi connectivity index (χ1n) is 9.06. The largest absolute Gasteiger partial charge is 0.467 e. The van der Waals surface area contributed by atoms with Gasteiger partial charge in [0.25, 0.3) is 5.91 Å². The summed E-state index contributed by atoms with van der Waals surface area (Å²) >= 11 is 1.33. The third kappa shape index (κ3) is 4.53. The first kappa shape index (κ1) is 20.3. The molecule has 28 heavy (non-hydrogen) atoms. The van der Waals surface area contributed by atoms with E-state index in [0.717, 1.165) is 22.1 Å². The fourth-order valence-electron chi connectivity index (χ4n) is 2.89. The molecule has 1 fully saturated rings. The van der Waals surface area contributed by atoms with E-state index in [1.807, 2.05) is 18.2 Å². The van der Waals surface area contributed by atoms with E-state index in [4.69, 9.17) is 15.6 Å². The van der Waals surface area contributed by atoms with Crippen molar-refractivity contribution < 1.29 is 19.4 Å². The maximum Gasteiger partial charge on any atom is 0.330 e. The number of esters is 1. The molecular formula is C21H24N2O4S. The summed E-state index contributed by atoms with van der Waals surface area (Å²) in [4.78, 5) is 25.1. The molecule has 0 bridgehead atoms. The number of aliphatic hydroxyl groups is 1. The molecule has 1 aliphatic rings. The Balaban J connectivity index is 1.78. The summed E-state index contributed by atoms with van der Waals surface area (Å²) in [6.45, 7) is 3.51. The maximum atomic E-state index is 12.7. The molecule has 0 radical (unpaired) electrons. The number of rotatable bonds is 5. The first-order valence-corrected chi connectivity index (χ1v) is 9.88. The smallest absolute Gasteiger partial charge is 0.330 e. The Morgan fingerprint density at radius 2 is 2.18 bits per heavy atom. The minimum Gasteiger partial charge on any atom is -0.467 e. The zero-order valence-corrected chi connectivity index (χ0v) is 16.9. The number of methoxy groups -OCH3 is 1. The van der Waals surface area contributed by atoms with E-state index in [-0.39, 0.29) is 18.4 Å². The summed E-state index contributed by atoms with van der Waals surface area (Å²) in [5, 5.41) is 12.7. The fourth-order valence-corrected chi connectivity index (χ4v) is 3.90. The average molecular weight is 401 g/mol. The highest BCUT2D eigenvalue weighted by molar-refractivity contribution is 7.20. The van der Waals surface area contributed by atoms with Crippen LogP contribution in [0.2, 0.25) is 0 Å². The van der Waals surface area contributed by atoms with E-state index in [2.05, 4.69) is 17.2 Å². The predicted octanol–water partition coefficient (Wildman–Crippen LogP) is 1.89. The van der Waals surface area contributed by atoms with Crippen LogP contribution in [0.25, 0.3) is 10.1 Å². The van der Waals surface area contributed by atoms with E-state index in [1.54, 1.807) is 19.9 Å². The molecule has 148 valence electrons. The van der Waals surface area contributed by atoms with E-state index in [0.29, 0.717) is 10.8 Å². The van der Waals surface area contributed by atoms with Crippen LogP contribution >= 0.6 is 11.3 Å². The van der Waals surface area contributed by atoms with Gasteiger partial charge in [-0.2, -0.15) is 0 Å². The molecule has 0 aliphatic heterocycles. The number of nitrogens with two attached hydrogens (primary N) is 1. The van der Waals surface area contributed by atoms with Crippen LogP contribution in [-0.2, 0) is 9.53 Å². The number of aliphatic hydroxyl groups excluding tert-OH is 1. The highest BCUT2D eigenvalue weighted by Gasteiger charge is 2.35. The molecule has 1 amide bonds. The molecule has 2 aromatic rings. The lowest BCUT2D eigenvalue weighted by Gasteiger charge is -2.28. The summed E-state index contributed by atoms with van der Waals surface area (Å²) in [5.41, 5.74) is 5.93. The van der Waals surface area contributed by atoms with Crippen molar-refractivity contribution in [2.45, 2.75) is 31.8 Å². The van der Waals surface area contributed by atoms with Crippen LogP contribution in [0.4, 0.5) is 0 Å². The quantitative estimate of drug-likeness (QED) is 0.526. The van der Waals surface area contributed by atoms with Crippen LogP contribution in [0.5, 0.6) is 0 Å². The number of hydrogen-bond donors (Lipinski definition) is 3. The zero-order valence-electron chi connectivity index (χ0n) is 16.1. The Labute approximate surface area is 168 Å². The van der Waals surface area contributed by atoms with Crippen molar-refractivity contribution in [2.24, 2.45) is 17.6 Å². The van der Waals surface area contributed by atoms with E-state index < -0.39 is 17.6 Å². The lowest BCUT2D eigenvalue weighted by Crippen LogP contribution is -2.59. The monoisotopic (exact) mass is 400 g/mol. The molecule has 0 saturated heterocycles. The van der Waals surface area contributed by atoms with Crippen LogP contribution in [0.1, 0.15) is 35.5 Å². The molecule has 3 atom stereocenters. The van der Waals surface area contributed by atoms with Crippen molar-refractivity contribution in [3.8, 4) is 11.8 Å². The molecule has 1 heterocycles. The van der Waals surface area contributed by atoms with Crippen LogP contribution in [0.15, 0.2) is 24.3 Å². The number of fused-ring (bicyclic) bond motifs is 1. The van der Waals surface area contributed by atoms with Gasteiger partial charge < -0.3 is 20.9 Å². The van der Waals surface area contributed by atoms with E-state index in [1.165, 1.54) is 18.4 Å². The van der Waals surface area contributed by atoms with Gasteiger partial charge in [-0.3, -0.25) is 4.79 Å². The molecule has 1 unspecified atom stereocenters. The number of ether oxygens (including phenoxy) is 1. The molecule has 1 saturated carbocycles. The summed E-state index contributed by atoms with van der Waals surface area (Å²) < 4.78 is 5.69. The zero-order chi connectivity index (χ0) is 20.5. The third-order valence-corrected chi connectivity index (χ3v) is 5.86. The van der Waals surface area contributed by atoms with Gasteiger partial charge in [0.2, 0.25) is 0 Å². The fraction of sp³-hybridized carbons (Fsp3) is 0.429. The molecule has 1 aromatic heterocycles. The molecule has 6 nitrogen and oxygen atoms in total. The van der Waals surface area contributed by atoms with Gasteiger partial charge >= 0.3 is 5.97 Å². The molecule has 0 spiro atoms. The lowest BCUT2D eigenvalue weighted by atomic mass is 9.96. The number of nitrogens with one attached hydrogen (secondary N) is 1. The van der Waals surface area contributed by atoms with Gasteiger partial charge in [-0.05, 0) is 49.8 Å². The topological polar surface area (TPSA) is 102 Å². The van der Waals surface area contributed by atoms with E-state index >= 15 is 0 Å². The summed E-state index contributed by atoms with van der Waals surface area (Å²) in [6, 6.07) is 6.63. The standard InChI is InChI=1S/C21H24N2O4S/c1-21(2,22)18(20(26)27-3)23-19(25)17-10-14-7-5-12(8-16(14)28-17)4-6-13-9-15(13)11-24/h5,7-8,10,13,15,18,24H,9,11,22H2,1-3H3,(H,23,25)/t13?,15-,18+/m0/s1. The number of amides is 1. The Bertz CT molecular complexity index is 964.